The maximum Gasteiger partial charge on any atom is 0.193 e. The monoisotopic (exact) mass is 640 g/mol. The van der Waals surface area contributed by atoms with Crippen molar-refractivity contribution >= 4 is 11.9 Å². The Morgan fingerprint density at radius 2 is 0.913 bits per heavy atom. The average Bonchev–Trinajstić information content (AvgIpc) is 2.97. The Morgan fingerprint density at radius 1 is 0.522 bits per heavy atom. The maximum absolute atomic E-state index is 14.4. The summed E-state index contributed by atoms with van der Waals surface area (Å²) in [5.74, 6) is 4.47. The number of rotatable bonds is 21. The zero-order chi connectivity index (χ0) is 34.4. The van der Waals surface area contributed by atoms with Crippen molar-refractivity contribution < 1.29 is 33.2 Å². The number of allylic oxidation sites excluding steroid dienone is 1. The third-order valence-corrected chi connectivity index (χ3v) is 6.23. The molecule has 2 aromatic carbocycles. The molecule has 0 saturated heterocycles. The first-order chi connectivity index (χ1) is 21.7. The molecular formula is C39H60O7. The van der Waals surface area contributed by atoms with E-state index in [9.17, 15) is 4.79 Å². The SMILES string of the molecule is CC(C)COc1ccc(OCC(C)C)c(C=CC(=O)c2c(OCC(C)C)c(OCC(C)C)cc(OCC(C)C)c2OCC(C)C)c1. The summed E-state index contributed by atoms with van der Waals surface area (Å²) in [5.41, 5.74) is 1.03. The van der Waals surface area contributed by atoms with Crippen molar-refractivity contribution in [3.8, 4) is 34.5 Å². The predicted molar refractivity (Wildman–Crippen MR) is 188 cm³/mol. The Morgan fingerprint density at radius 3 is 1.35 bits per heavy atom. The van der Waals surface area contributed by atoms with Crippen LogP contribution in [0.5, 0.6) is 34.5 Å². The molecule has 0 unspecified atom stereocenters. The van der Waals surface area contributed by atoms with E-state index < -0.39 is 0 Å². The van der Waals surface area contributed by atoms with Crippen LogP contribution in [0.15, 0.2) is 30.3 Å². The second-order valence-corrected chi connectivity index (χ2v) is 14.5. The summed E-state index contributed by atoms with van der Waals surface area (Å²) in [6.07, 6.45) is 3.32. The number of hydrogen-bond donors (Lipinski definition) is 0. The number of ketones is 1. The first kappa shape index (κ1) is 38.8. The lowest BCUT2D eigenvalue weighted by Crippen LogP contribution is -2.16. The largest absolute Gasteiger partial charge is 0.493 e. The highest BCUT2D eigenvalue weighted by atomic mass is 16.5. The van der Waals surface area contributed by atoms with Crippen molar-refractivity contribution in [2.75, 3.05) is 39.6 Å². The van der Waals surface area contributed by atoms with Gasteiger partial charge in [0, 0.05) is 11.6 Å². The number of benzene rings is 2. The Balaban J connectivity index is 2.76. The zero-order valence-corrected chi connectivity index (χ0v) is 30.5. The minimum atomic E-state index is -0.287. The topological polar surface area (TPSA) is 72.5 Å². The van der Waals surface area contributed by atoms with Crippen molar-refractivity contribution in [3.05, 3.63) is 41.5 Å². The lowest BCUT2D eigenvalue weighted by atomic mass is 10.0. The van der Waals surface area contributed by atoms with Crippen LogP contribution >= 0.6 is 0 Å². The van der Waals surface area contributed by atoms with E-state index in [0.29, 0.717) is 86.0 Å². The van der Waals surface area contributed by atoms with Gasteiger partial charge in [0.2, 0.25) is 0 Å². The molecule has 2 aromatic rings. The van der Waals surface area contributed by atoms with Gasteiger partial charge in [-0.25, -0.2) is 0 Å². The Hall–Kier alpha value is -3.35. The third-order valence-electron chi connectivity index (χ3n) is 6.23. The summed E-state index contributed by atoms with van der Waals surface area (Å²) in [5, 5.41) is 0. The smallest absolute Gasteiger partial charge is 0.193 e. The van der Waals surface area contributed by atoms with Crippen LogP contribution in [0.3, 0.4) is 0 Å². The lowest BCUT2D eigenvalue weighted by molar-refractivity contribution is 0.103. The van der Waals surface area contributed by atoms with E-state index in [4.69, 9.17) is 28.4 Å². The molecule has 0 saturated carbocycles. The molecule has 0 bridgehead atoms. The normalized spacial score (nSPS) is 11.9. The van der Waals surface area contributed by atoms with Crippen LogP contribution in [-0.4, -0.2) is 45.4 Å². The first-order valence-corrected chi connectivity index (χ1v) is 17.0. The van der Waals surface area contributed by atoms with Crippen LogP contribution < -0.4 is 28.4 Å². The van der Waals surface area contributed by atoms with Crippen molar-refractivity contribution in [1.29, 1.82) is 0 Å². The number of carbonyl (C=O) groups is 1. The standard InChI is InChI=1S/C39H60O7/c1-25(2)19-41-32-14-16-34(42-20-26(3)4)31(17-32)13-15-33(40)37-38(45-23-29(9)10)35(43-21-27(5)6)18-36(44-22-28(7)8)39(37)46-24-30(11)12/h13-18,25-30H,19-24H2,1-12H3. The van der Waals surface area contributed by atoms with Gasteiger partial charge < -0.3 is 28.4 Å². The minimum Gasteiger partial charge on any atom is -0.493 e. The van der Waals surface area contributed by atoms with Gasteiger partial charge in [0.05, 0.1) is 39.6 Å². The van der Waals surface area contributed by atoms with E-state index >= 15 is 0 Å². The van der Waals surface area contributed by atoms with Crippen LogP contribution in [0.1, 0.15) is 99.0 Å². The first-order valence-electron chi connectivity index (χ1n) is 17.0. The lowest BCUT2D eigenvalue weighted by Gasteiger charge is -2.23. The molecular weight excluding hydrogens is 580 g/mol. The molecule has 0 aliphatic heterocycles. The molecule has 0 amide bonds. The van der Waals surface area contributed by atoms with Crippen LogP contribution in [-0.2, 0) is 0 Å². The Kier molecular flexibility index (Phi) is 16.3. The molecule has 0 radical (unpaired) electrons. The van der Waals surface area contributed by atoms with Crippen molar-refractivity contribution in [2.24, 2.45) is 35.5 Å². The summed E-state index contributed by atoms with van der Waals surface area (Å²) < 4.78 is 37.4. The Bertz CT molecular complexity index is 1200. The fraction of sp³-hybridized carbons (Fsp3) is 0.615. The van der Waals surface area contributed by atoms with Crippen LogP contribution in [0.4, 0.5) is 0 Å². The predicted octanol–water partition coefficient (Wildman–Crippen LogP) is 9.79. The molecule has 0 aliphatic carbocycles. The fourth-order valence-electron chi connectivity index (χ4n) is 3.98. The molecule has 7 heteroatoms. The molecule has 7 nitrogen and oxygen atoms in total. The van der Waals surface area contributed by atoms with Gasteiger partial charge in [-0.3, -0.25) is 4.79 Å². The molecule has 0 N–H and O–H groups in total. The van der Waals surface area contributed by atoms with Gasteiger partial charge in [-0.2, -0.15) is 0 Å². The van der Waals surface area contributed by atoms with Gasteiger partial charge in [0.25, 0.3) is 0 Å². The molecule has 0 heterocycles. The quantitative estimate of drug-likeness (QED) is 0.0993. The summed E-state index contributed by atoms with van der Waals surface area (Å²) in [6.45, 7) is 27.9. The fourth-order valence-corrected chi connectivity index (χ4v) is 3.98. The summed E-state index contributed by atoms with van der Waals surface area (Å²) >= 11 is 0. The molecule has 0 aromatic heterocycles. The molecule has 0 spiro atoms. The van der Waals surface area contributed by atoms with Gasteiger partial charge >= 0.3 is 0 Å². The summed E-state index contributed by atoms with van der Waals surface area (Å²) in [4.78, 5) is 14.4. The van der Waals surface area contributed by atoms with E-state index in [1.165, 1.54) is 0 Å². The number of ether oxygens (including phenoxy) is 6. The van der Waals surface area contributed by atoms with E-state index in [0.717, 1.165) is 5.56 Å². The van der Waals surface area contributed by atoms with Crippen LogP contribution in [0.2, 0.25) is 0 Å². The number of hydrogen-bond acceptors (Lipinski definition) is 7. The van der Waals surface area contributed by atoms with Crippen LogP contribution in [0, 0.1) is 35.5 Å². The van der Waals surface area contributed by atoms with Gasteiger partial charge in [0.1, 0.15) is 17.1 Å². The van der Waals surface area contributed by atoms with Gasteiger partial charge in [-0.15, -0.1) is 0 Å². The molecule has 0 atom stereocenters. The molecule has 0 aliphatic rings. The highest BCUT2D eigenvalue weighted by Gasteiger charge is 2.28. The second-order valence-electron chi connectivity index (χ2n) is 14.5. The van der Waals surface area contributed by atoms with Gasteiger partial charge in [0.15, 0.2) is 28.8 Å². The zero-order valence-electron chi connectivity index (χ0n) is 30.5. The number of carbonyl (C=O) groups excluding carboxylic acids is 1. The summed E-state index contributed by atoms with van der Waals surface area (Å²) in [7, 11) is 0. The highest BCUT2D eigenvalue weighted by Crippen LogP contribution is 2.46. The second kappa shape index (κ2) is 19.3. The molecule has 2 rings (SSSR count). The summed E-state index contributed by atoms with van der Waals surface area (Å²) in [6, 6.07) is 7.52. The van der Waals surface area contributed by atoms with Crippen molar-refractivity contribution in [3.63, 3.8) is 0 Å². The van der Waals surface area contributed by atoms with Crippen molar-refractivity contribution in [2.45, 2.75) is 83.1 Å². The molecule has 258 valence electrons. The maximum atomic E-state index is 14.4. The highest BCUT2D eigenvalue weighted by molar-refractivity contribution is 6.11. The average molecular weight is 641 g/mol. The van der Waals surface area contributed by atoms with E-state index in [2.05, 4.69) is 83.1 Å². The Labute approximate surface area is 278 Å². The molecule has 46 heavy (non-hydrogen) atoms. The minimum absolute atomic E-state index is 0.225. The van der Waals surface area contributed by atoms with E-state index in [-0.39, 0.29) is 35.0 Å². The van der Waals surface area contributed by atoms with Gasteiger partial charge in [-0.05, 0) is 65.9 Å². The van der Waals surface area contributed by atoms with Gasteiger partial charge in [-0.1, -0.05) is 83.1 Å². The molecule has 0 fully saturated rings. The van der Waals surface area contributed by atoms with Crippen molar-refractivity contribution in [1.82, 2.24) is 0 Å². The van der Waals surface area contributed by atoms with E-state index in [1.807, 2.05) is 24.3 Å². The van der Waals surface area contributed by atoms with Crippen LogP contribution in [0.25, 0.3) is 6.08 Å². The van der Waals surface area contributed by atoms with E-state index in [1.54, 1.807) is 12.2 Å². The third kappa shape index (κ3) is 13.6.